The van der Waals surface area contributed by atoms with Gasteiger partial charge in [-0.1, -0.05) is 29.8 Å². The minimum absolute atomic E-state index is 0.0843. The van der Waals surface area contributed by atoms with E-state index < -0.39 is 5.97 Å². The van der Waals surface area contributed by atoms with Crippen LogP contribution in [0, 0.1) is 0 Å². The lowest BCUT2D eigenvalue weighted by molar-refractivity contribution is 0.0687. The van der Waals surface area contributed by atoms with Crippen LogP contribution >= 0.6 is 11.6 Å². The lowest BCUT2D eigenvalue weighted by atomic mass is 10.2. The fourth-order valence-electron chi connectivity index (χ4n) is 2.63. The Balaban J connectivity index is 1.77. The predicted molar refractivity (Wildman–Crippen MR) is 98.2 cm³/mol. The molecule has 0 amide bonds. The second kappa shape index (κ2) is 6.45. The molecule has 0 unspecified atom stereocenters. The van der Waals surface area contributed by atoms with Crippen LogP contribution in [0.25, 0.3) is 22.3 Å². The topological polar surface area (TPSA) is 92.9 Å². The summed E-state index contributed by atoms with van der Waals surface area (Å²) in [5.74, 6) is -0.811. The zero-order valence-electron chi connectivity index (χ0n) is 13.3. The molecule has 26 heavy (non-hydrogen) atoms. The Hall–Kier alpha value is -3.45. The van der Waals surface area contributed by atoms with Crippen LogP contribution in [0.15, 0.2) is 60.9 Å². The van der Waals surface area contributed by atoms with Crippen LogP contribution in [0.4, 0.5) is 5.95 Å². The number of aromatic carboxylic acids is 1. The summed E-state index contributed by atoms with van der Waals surface area (Å²) in [6, 6.07) is 14.0. The third-order valence-electron chi connectivity index (χ3n) is 3.78. The zero-order chi connectivity index (χ0) is 18.1. The van der Waals surface area contributed by atoms with E-state index in [0.717, 1.165) is 5.39 Å². The quantitative estimate of drug-likeness (QED) is 0.572. The summed E-state index contributed by atoms with van der Waals surface area (Å²) < 4.78 is 1.45. The Kier molecular flexibility index (Phi) is 3.98. The van der Waals surface area contributed by atoms with Crippen LogP contribution in [0.5, 0.6) is 0 Å². The number of anilines is 1. The zero-order valence-corrected chi connectivity index (χ0v) is 14.1. The van der Waals surface area contributed by atoms with Crippen molar-refractivity contribution in [1.82, 2.24) is 19.6 Å². The SMILES string of the molecule is O=C(O)c1cc2ccccc2n1Nc1nccc(-c2cc(Cl)ccn2)n1. The van der Waals surface area contributed by atoms with Gasteiger partial charge >= 0.3 is 5.97 Å². The number of aromatic nitrogens is 4. The molecule has 0 saturated heterocycles. The molecule has 4 aromatic rings. The molecule has 0 aliphatic carbocycles. The molecular formula is C18H12ClN5O2. The van der Waals surface area contributed by atoms with Crippen LogP contribution < -0.4 is 5.43 Å². The molecule has 4 rings (SSSR count). The van der Waals surface area contributed by atoms with Gasteiger partial charge in [-0.25, -0.2) is 19.4 Å². The summed E-state index contributed by atoms with van der Waals surface area (Å²) in [4.78, 5) is 24.4. The van der Waals surface area contributed by atoms with Crippen molar-refractivity contribution in [2.75, 3.05) is 5.43 Å². The summed E-state index contributed by atoms with van der Waals surface area (Å²) in [7, 11) is 0. The third kappa shape index (κ3) is 2.96. The van der Waals surface area contributed by atoms with Gasteiger partial charge in [-0.05, 0) is 30.3 Å². The van der Waals surface area contributed by atoms with Crippen molar-refractivity contribution in [3.05, 3.63) is 71.6 Å². The lowest BCUT2D eigenvalue weighted by Gasteiger charge is -2.11. The molecule has 0 fully saturated rings. The Morgan fingerprint density at radius 1 is 1.04 bits per heavy atom. The van der Waals surface area contributed by atoms with E-state index in [9.17, 15) is 9.90 Å². The molecule has 3 aromatic heterocycles. The maximum atomic E-state index is 11.6. The number of hydrogen-bond acceptors (Lipinski definition) is 5. The molecule has 7 nitrogen and oxygen atoms in total. The van der Waals surface area contributed by atoms with Gasteiger partial charge in [0, 0.05) is 22.8 Å². The number of nitrogens with zero attached hydrogens (tertiary/aromatic N) is 4. The monoisotopic (exact) mass is 365 g/mol. The molecule has 0 atom stereocenters. The van der Waals surface area contributed by atoms with Crippen LogP contribution in [0.1, 0.15) is 10.5 Å². The molecule has 1 aromatic carbocycles. The summed E-state index contributed by atoms with van der Waals surface area (Å²) in [6.45, 7) is 0. The Morgan fingerprint density at radius 3 is 2.65 bits per heavy atom. The molecule has 128 valence electrons. The highest BCUT2D eigenvalue weighted by molar-refractivity contribution is 6.30. The van der Waals surface area contributed by atoms with Crippen LogP contribution in [0.2, 0.25) is 5.02 Å². The second-order valence-electron chi connectivity index (χ2n) is 5.47. The third-order valence-corrected chi connectivity index (χ3v) is 4.02. The van der Waals surface area contributed by atoms with Crippen molar-refractivity contribution >= 4 is 34.4 Å². The van der Waals surface area contributed by atoms with E-state index in [2.05, 4.69) is 20.4 Å². The average molecular weight is 366 g/mol. The highest BCUT2D eigenvalue weighted by atomic mass is 35.5. The lowest BCUT2D eigenvalue weighted by Crippen LogP contribution is -2.17. The fraction of sp³-hybridized carbons (Fsp3) is 0. The van der Waals surface area contributed by atoms with Crippen molar-refractivity contribution in [1.29, 1.82) is 0 Å². The molecule has 3 heterocycles. The summed E-state index contributed by atoms with van der Waals surface area (Å²) in [6.07, 6.45) is 3.16. The van der Waals surface area contributed by atoms with Gasteiger partial charge in [-0.15, -0.1) is 0 Å². The van der Waals surface area contributed by atoms with Crippen molar-refractivity contribution in [3.8, 4) is 11.4 Å². The number of fused-ring (bicyclic) bond motifs is 1. The standard InChI is InChI=1S/C18H12ClN5O2/c19-12-5-7-20-14(10-12)13-6-8-21-18(22-13)23-24-15-4-2-1-3-11(15)9-16(24)17(25)26/h1-10H,(H,25,26)(H,21,22,23). The molecule has 0 aliphatic heterocycles. The molecule has 0 aliphatic rings. The number of rotatable bonds is 4. The number of carboxylic acids is 1. The number of carbonyl (C=O) groups is 1. The normalized spacial score (nSPS) is 10.8. The van der Waals surface area contributed by atoms with Crippen molar-refractivity contribution in [3.63, 3.8) is 0 Å². The van der Waals surface area contributed by atoms with Crippen molar-refractivity contribution in [2.45, 2.75) is 0 Å². The number of nitrogens with one attached hydrogen (secondary N) is 1. The highest BCUT2D eigenvalue weighted by Crippen LogP contribution is 2.22. The second-order valence-corrected chi connectivity index (χ2v) is 5.90. The van der Waals surface area contributed by atoms with Gasteiger partial charge in [-0.3, -0.25) is 10.4 Å². The predicted octanol–water partition coefficient (Wildman–Crippen LogP) is 3.72. The number of benzene rings is 1. The van der Waals surface area contributed by atoms with Crippen molar-refractivity contribution < 1.29 is 9.90 Å². The highest BCUT2D eigenvalue weighted by Gasteiger charge is 2.15. The largest absolute Gasteiger partial charge is 0.477 e. The fourth-order valence-corrected chi connectivity index (χ4v) is 2.79. The molecule has 0 bridgehead atoms. The van der Waals surface area contributed by atoms with E-state index in [4.69, 9.17) is 11.6 Å². The molecule has 0 radical (unpaired) electrons. The number of para-hydroxylation sites is 1. The van der Waals surface area contributed by atoms with E-state index >= 15 is 0 Å². The first kappa shape index (κ1) is 16.0. The number of hydrogen-bond donors (Lipinski definition) is 2. The summed E-state index contributed by atoms with van der Waals surface area (Å²) in [5, 5.41) is 10.8. The van der Waals surface area contributed by atoms with Crippen LogP contribution in [-0.4, -0.2) is 30.7 Å². The minimum atomic E-state index is -1.05. The Morgan fingerprint density at radius 2 is 1.85 bits per heavy atom. The van der Waals surface area contributed by atoms with Crippen molar-refractivity contribution in [2.24, 2.45) is 0 Å². The number of carboxylic acid groups (broad SMARTS) is 1. The maximum absolute atomic E-state index is 11.6. The van der Waals surface area contributed by atoms with Crippen LogP contribution in [0.3, 0.4) is 0 Å². The van der Waals surface area contributed by atoms with E-state index in [1.54, 1.807) is 36.7 Å². The molecule has 8 heteroatoms. The van der Waals surface area contributed by atoms with E-state index in [1.807, 2.05) is 24.3 Å². The van der Waals surface area contributed by atoms with E-state index in [1.165, 1.54) is 4.68 Å². The summed E-state index contributed by atoms with van der Waals surface area (Å²) >= 11 is 6.00. The van der Waals surface area contributed by atoms with E-state index in [0.29, 0.717) is 21.9 Å². The van der Waals surface area contributed by atoms with Gasteiger partial charge in [0.15, 0.2) is 0 Å². The molecule has 0 saturated carbocycles. The van der Waals surface area contributed by atoms with Gasteiger partial charge in [0.1, 0.15) is 5.69 Å². The minimum Gasteiger partial charge on any atom is -0.477 e. The Labute approximate surface area is 152 Å². The number of pyridine rings is 1. The molecule has 2 N–H and O–H groups in total. The number of halogens is 1. The van der Waals surface area contributed by atoms with Gasteiger partial charge in [0.2, 0.25) is 5.95 Å². The maximum Gasteiger partial charge on any atom is 0.354 e. The molecule has 0 spiro atoms. The first-order valence-electron chi connectivity index (χ1n) is 7.67. The van der Waals surface area contributed by atoms with E-state index in [-0.39, 0.29) is 11.6 Å². The first-order chi connectivity index (χ1) is 12.6. The van der Waals surface area contributed by atoms with Gasteiger partial charge in [-0.2, -0.15) is 0 Å². The summed E-state index contributed by atoms with van der Waals surface area (Å²) in [5.41, 5.74) is 4.91. The van der Waals surface area contributed by atoms with Gasteiger partial charge in [0.25, 0.3) is 0 Å². The van der Waals surface area contributed by atoms with Crippen LogP contribution in [-0.2, 0) is 0 Å². The first-order valence-corrected chi connectivity index (χ1v) is 8.05. The smallest absolute Gasteiger partial charge is 0.354 e. The molecular weight excluding hydrogens is 354 g/mol. The van der Waals surface area contributed by atoms with Gasteiger partial charge < -0.3 is 5.11 Å². The van der Waals surface area contributed by atoms with Gasteiger partial charge in [0.05, 0.1) is 16.9 Å². The Bertz CT molecular complexity index is 1130. The average Bonchev–Trinajstić information content (AvgIpc) is 3.01.